The zero-order valence-electron chi connectivity index (χ0n) is 27.7. The molecule has 10 heteroatoms. The molecule has 0 aromatic heterocycles. The SMILES string of the molecule is C=C(C)[C@]12O[C@]3(/C=C/C=C/CCCCCCCCC)O[C@H]1[C@H]1[C@H]4O[C@@]4(CO)[C@H](O)[C@]4(O)C(=O)C(C)=C[C@H]4[C@]1(O3)[C@H](C)[C@@H]2OC(C)=O. The lowest BCUT2D eigenvalue weighted by atomic mass is 9.53. The van der Waals surface area contributed by atoms with Crippen molar-refractivity contribution in [3.05, 3.63) is 48.1 Å². The minimum Gasteiger partial charge on any atom is -0.459 e. The van der Waals surface area contributed by atoms with Gasteiger partial charge in [0.1, 0.15) is 30.0 Å². The maximum Gasteiger partial charge on any atom is 0.307 e. The molecule has 3 N–H and O–H groups in total. The molecule has 0 aromatic carbocycles. The van der Waals surface area contributed by atoms with Gasteiger partial charge in [-0.2, -0.15) is 0 Å². The van der Waals surface area contributed by atoms with Crippen molar-refractivity contribution in [1.82, 2.24) is 0 Å². The Morgan fingerprint density at radius 2 is 1.76 bits per heavy atom. The number of aliphatic hydroxyl groups excluding tert-OH is 2. The average molecular weight is 643 g/mol. The van der Waals surface area contributed by atoms with Crippen molar-refractivity contribution in [3.63, 3.8) is 0 Å². The molecule has 3 saturated heterocycles. The molecular weight excluding hydrogens is 592 g/mol. The second kappa shape index (κ2) is 11.8. The van der Waals surface area contributed by atoms with Crippen molar-refractivity contribution in [1.29, 1.82) is 0 Å². The molecule has 5 fully saturated rings. The molecule has 0 amide bonds. The Morgan fingerprint density at radius 3 is 2.41 bits per heavy atom. The number of hydrogen-bond donors (Lipinski definition) is 3. The topological polar surface area (TPSA) is 144 Å². The van der Waals surface area contributed by atoms with Crippen molar-refractivity contribution in [2.45, 2.75) is 139 Å². The summed E-state index contributed by atoms with van der Waals surface area (Å²) >= 11 is 0. The molecule has 46 heavy (non-hydrogen) atoms. The fraction of sp³-hybridized carbons (Fsp3) is 0.722. The first kappa shape index (κ1) is 33.7. The Bertz CT molecular complexity index is 1350. The molecule has 6 rings (SSSR count). The first-order valence-electron chi connectivity index (χ1n) is 17.0. The summed E-state index contributed by atoms with van der Waals surface area (Å²) in [6.07, 6.45) is 14.1. The van der Waals surface area contributed by atoms with E-state index in [1.807, 2.05) is 13.0 Å². The van der Waals surface area contributed by atoms with Gasteiger partial charge in [0.2, 0.25) is 0 Å². The van der Waals surface area contributed by atoms with E-state index in [4.69, 9.17) is 23.7 Å². The number of aliphatic hydroxyl groups is 3. The molecule has 3 bridgehead atoms. The second-order valence-electron chi connectivity index (χ2n) is 14.4. The van der Waals surface area contributed by atoms with E-state index in [-0.39, 0.29) is 5.57 Å². The molecule has 3 aliphatic heterocycles. The van der Waals surface area contributed by atoms with Crippen LogP contribution in [0.4, 0.5) is 0 Å². The average Bonchev–Trinajstić information content (AvgIpc) is 3.64. The van der Waals surface area contributed by atoms with Gasteiger partial charge in [-0.05, 0) is 37.8 Å². The Labute approximate surface area is 271 Å². The maximum atomic E-state index is 13.7. The zero-order valence-corrected chi connectivity index (χ0v) is 27.7. The predicted octanol–water partition coefficient (Wildman–Crippen LogP) is 3.97. The third kappa shape index (κ3) is 4.47. The van der Waals surface area contributed by atoms with Gasteiger partial charge in [0.25, 0.3) is 0 Å². The number of unbranched alkanes of at least 4 members (excludes halogenated alkanes) is 7. The Balaban J connectivity index is 1.39. The van der Waals surface area contributed by atoms with Crippen LogP contribution in [0.2, 0.25) is 0 Å². The standard InChI is InChI=1S/C36H50O10/c1-7-8-9-10-11-12-13-14-15-16-17-18-33-44-30-26-29-32(20-37,43-29)31(40)34(41)25(19-22(4)27(34)39)36(26,46-33)23(5)28(42-24(6)38)35(30,45-33)21(2)3/h15-19,23,25-26,28-31,37,40-41H,2,7-14,20H2,1,3-6H3/b16-15+,18-17+/t23-,25-,26-,28+,29-,30+,31+,32-,33+,34-,35-,36-/m1/s1. The number of hydrogen-bond acceptors (Lipinski definition) is 10. The second-order valence-corrected chi connectivity index (χ2v) is 14.4. The van der Waals surface area contributed by atoms with Crippen LogP contribution < -0.4 is 0 Å². The fourth-order valence-electron chi connectivity index (χ4n) is 9.37. The van der Waals surface area contributed by atoms with Crippen LogP contribution in [-0.2, 0) is 33.3 Å². The number of esters is 1. The molecular formula is C36H50O10. The van der Waals surface area contributed by atoms with Crippen LogP contribution in [0.1, 0.15) is 86.0 Å². The lowest BCUT2D eigenvalue weighted by Gasteiger charge is -2.61. The number of epoxide rings is 1. The van der Waals surface area contributed by atoms with E-state index in [0.29, 0.717) is 5.57 Å². The van der Waals surface area contributed by atoms with Crippen molar-refractivity contribution in [2.75, 3.05) is 6.61 Å². The van der Waals surface area contributed by atoms with Gasteiger partial charge in [0.15, 0.2) is 17.0 Å². The van der Waals surface area contributed by atoms with Crippen molar-refractivity contribution in [2.24, 2.45) is 17.8 Å². The fourth-order valence-corrected chi connectivity index (χ4v) is 9.37. The summed E-state index contributed by atoms with van der Waals surface area (Å²) in [7, 11) is 0. The van der Waals surface area contributed by atoms with Gasteiger partial charge >= 0.3 is 11.9 Å². The maximum absolute atomic E-state index is 13.7. The van der Waals surface area contributed by atoms with Gasteiger partial charge < -0.3 is 39.0 Å². The number of ketones is 1. The van der Waals surface area contributed by atoms with Crippen LogP contribution >= 0.6 is 0 Å². The van der Waals surface area contributed by atoms with E-state index < -0.39 is 88.9 Å². The van der Waals surface area contributed by atoms with E-state index >= 15 is 0 Å². The number of allylic oxidation sites excluding steroid dienone is 3. The third-order valence-electron chi connectivity index (χ3n) is 11.6. The van der Waals surface area contributed by atoms with E-state index in [0.717, 1.165) is 12.8 Å². The van der Waals surface area contributed by atoms with Crippen LogP contribution in [0.3, 0.4) is 0 Å². The van der Waals surface area contributed by atoms with Crippen molar-refractivity contribution < 1.29 is 48.6 Å². The molecule has 3 aliphatic carbocycles. The minimum absolute atomic E-state index is 0.251. The molecule has 12 atom stereocenters. The lowest BCUT2D eigenvalue weighted by Crippen LogP contribution is -2.76. The van der Waals surface area contributed by atoms with Crippen molar-refractivity contribution in [3.8, 4) is 0 Å². The Hall–Kier alpha value is -2.18. The van der Waals surface area contributed by atoms with Gasteiger partial charge in [-0.25, -0.2) is 0 Å². The van der Waals surface area contributed by atoms with Crippen molar-refractivity contribution >= 4 is 11.8 Å². The summed E-state index contributed by atoms with van der Waals surface area (Å²) in [5.41, 5.74) is -6.13. The number of carbonyl (C=O) groups excluding carboxylic acids is 2. The largest absolute Gasteiger partial charge is 0.459 e. The first-order chi connectivity index (χ1) is 21.8. The summed E-state index contributed by atoms with van der Waals surface area (Å²) < 4.78 is 32.6. The summed E-state index contributed by atoms with van der Waals surface area (Å²) in [5.74, 6) is -5.58. The van der Waals surface area contributed by atoms with Crippen LogP contribution in [-0.4, -0.2) is 86.5 Å². The quantitative estimate of drug-likeness (QED) is 0.0888. The highest BCUT2D eigenvalue weighted by atomic mass is 16.9. The summed E-state index contributed by atoms with van der Waals surface area (Å²) in [4.78, 5) is 26.3. The van der Waals surface area contributed by atoms with E-state index in [1.54, 1.807) is 32.1 Å². The van der Waals surface area contributed by atoms with E-state index in [9.17, 15) is 24.9 Å². The van der Waals surface area contributed by atoms with Crippen LogP contribution in [0.15, 0.2) is 48.1 Å². The minimum atomic E-state index is -2.38. The summed E-state index contributed by atoms with van der Waals surface area (Å²) in [5, 5.41) is 34.6. The molecule has 0 unspecified atom stereocenters. The summed E-state index contributed by atoms with van der Waals surface area (Å²) in [6, 6.07) is 0. The number of carbonyl (C=O) groups is 2. The van der Waals surface area contributed by atoms with Crippen LogP contribution in [0.5, 0.6) is 0 Å². The van der Waals surface area contributed by atoms with Crippen LogP contribution in [0.25, 0.3) is 0 Å². The Kier molecular flexibility index (Phi) is 8.61. The molecule has 2 saturated carbocycles. The monoisotopic (exact) mass is 642 g/mol. The third-order valence-corrected chi connectivity index (χ3v) is 11.6. The summed E-state index contributed by atoms with van der Waals surface area (Å²) in [6.45, 7) is 12.3. The normalized spacial score (nSPS) is 46.7. The number of fused-ring (bicyclic) bond motifs is 3. The molecule has 6 aliphatic rings. The zero-order chi connectivity index (χ0) is 33.3. The smallest absolute Gasteiger partial charge is 0.307 e. The predicted molar refractivity (Wildman–Crippen MR) is 167 cm³/mol. The molecule has 0 radical (unpaired) electrons. The number of rotatable bonds is 13. The lowest BCUT2D eigenvalue weighted by molar-refractivity contribution is -0.407. The van der Waals surface area contributed by atoms with Gasteiger partial charge in [-0.3, -0.25) is 9.59 Å². The van der Waals surface area contributed by atoms with E-state index in [1.165, 1.54) is 45.4 Å². The van der Waals surface area contributed by atoms with Gasteiger partial charge in [-0.15, -0.1) is 0 Å². The highest BCUT2D eigenvalue weighted by molar-refractivity contribution is 6.05. The molecule has 10 nitrogen and oxygen atoms in total. The number of ether oxygens (including phenoxy) is 5. The van der Waals surface area contributed by atoms with Gasteiger partial charge in [-0.1, -0.05) is 83.3 Å². The molecule has 254 valence electrons. The highest BCUT2D eigenvalue weighted by Crippen LogP contribution is 2.73. The Morgan fingerprint density at radius 1 is 1.07 bits per heavy atom. The van der Waals surface area contributed by atoms with Crippen LogP contribution in [0, 0.1) is 17.8 Å². The van der Waals surface area contributed by atoms with Gasteiger partial charge in [0, 0.05) is 30.8 Å². The number of Topliss-reactive ketones (excluding diaryl/α,β-unsaturated/α-hetero) is 1. The molecule has 0 aromatic rings. The molecule has 3 heterocycles. The first-order valence-corrected chi connectivity index (χ1v) is 17.0. The van der Waals surface area contributed by atoms with E-state index in [2.05, 4.69) is 19.6 Å². The van der Waals surface area contributed by atoms with Gasteiger partial charge in [0.05, 0.1) is 12.2 Å². The highest BCUT2D eigenvalue weighted by Gasteiger charge is 2.90. The molecule has 0 spiro atoms.